The molecule has 0 aliphatic carbocycles. The molecule has 2 aliphatic rings. The molecule has 132 valence electrons. The zero-order valence-corrected chi connectivity index (χ0v) is 14.6. The number of nitrogens with zero attached hydrogens (tertiary/aromatic N) is 2. The Balaban J connectivity index is 1.79. The molecular weight excluding hydrogens is 359 g/mol. The van der Waals surface area contributed by atoms with Gasteiger partial charge in [-0.05, 0) is 17.7 Å². The van der Waals surface area contributed by atoms with Crippen molar-refractivity contribution in [3.05, 3.63) is 34.6 Å². The molecule has 1 unspecified atom stereocenters. The molecule has 9 heteroatoms. The molecule has 0 aromatic heterocycles. The first-order chi connectivity index (χ1) is 11.1. The average molecular weight is 377 g/mol. The number of aliphatic carboxylic acids is 1. The number of halogens is 2. The number of hydrogen-bond acceptors (Lipinski definition) is 4. The molecule has 2 atom stereocenters. The summed E-state index contributed by atoms with van der Waals surface area (Å²) in [5.74, 6) is -1.68. The Labute approximate surface area is 144 Å². The molecule has 3 rings (SSSR count). The SMILES string of the molecule is CS(=O)(=O)N1CC2CN(Cc3ccc(F)cc3Cl)C[C@@]2(C(=O)O)C1. The van der Waals surface area contributed by atoms with E-state index in [2.05, 4.69) is 0 Å². The van der Waals surface area contributed by atoms with E-state index in [1.807, 2.05) is 4.90 Å². The second-order valence-electron chi connectivity index (χ2n) is 6.62. The fraction of sp³-hybridized carbons (Fsp3) is 0.533. The minimum absolute atomic E-state index is 0.0144. The van der Waals surface area contributed by atoms with E-state index in [0.29, 0.717) is 18.1 Å². The number of fused-ring (bicyclic) bond motifs is 1. The molecule has 24 heavy (non-hydrogen) atoms. The predicted molar refractivity (Wildman–Crippen MR) is 86.7 cm³/mol. The fourth-order valence-corrected chi connectivity index (χ4v) is 4.83. The Bertz CT molecular complexity index is 788. The number of hydrogen-bond donors (Lipinski definition) is 1. The fourth-order valence-electron chi connectivity index (χ4n) is 3.69. The van der Waals surface area contributed by atoms with Gasteiger partial charge in [0.05, 0.1) is 11.7 Å². The third kappa shape index (κ3) is 3.03. The van der Waals surface area contributed by atoms with Crippen molar-refractivity contribution in [2.45, 2.75) is 6.54 Å². The van der Waals surface area contributed by atoms with Gasteiger partial charge in [0, 0.05) is 43.7 Å². The van der Waals surface area contributed by atoms with Gasteiger partial charge < -0.3 is 5.11 Å². The van der Waals surface area contributed by atoms with Crippen molar-refractivity contribution in [1.29, 1.82) is 0 Å². The normalized spacial score (nSPS) is 28.2. The third-order valence-electron chi connectivity index (χ3n) is 4.95. The van der Waals surface area contributed by atoms with Crippen LogP contribution in [0.25, 0.3) is 0 Å². The first-order valence-corrected chi connectivity index (χ1v) is 9.69. The van der Waals surface area contributed by atoms with E-state index in [1.54, 1.807) is 6.07 Å². The van der Waals surface area contributed by atoms with Crippen molar-refractivity contribution in [2.24, 2.45) is 11.3 Å². The van der Waals surface area contributed by atoms with Crippen LogP contribution in [-0.2, 0) is 21.4 Å². The van der Waals surface area contributed by atoms with E-state index >= 15 is 0 Å². The standard InChI is InChI=1S/C15H18ClFN2O4S/c1-24(22,23)19-7-11-6-18(8-15(11,9-19)14(20)21)5-10-2-3-12(17)4-13(10)16/h2-4,11H,5-9H2,1H3,(H,20,21)/t11?,15-/m1/s1. The van der Waals surface area contributed by atoms with E-state index in [-0.39, 0.29) is 25.6 Å². The number of sulfonamides is 1. The van der Waals surface area contributed by atoms with E-state index in [4.69, 9.17) is 11.6 Å². The summed E-state index contributed by atoms with van der Waals surface area (Å²) in [4.78, 5) is 13.8. The molecule has 2 saturated heterocycles. The Morgan fingerprint density at radius 1 is 1.42 bits per heavy atom. The molecular formula is C15H18ClFN2O4S. The summed E-state index contributed by atoms with van der Waals surface area (Å²) in [6.07, 6.45) is 1.10. The number of carboxylic acid groups (broad SMARTS) is 1. The number of carboxylic acids is 1. The van der Waals surface area contributed by atoms with Gasteiger partial charge >= 0.3 is 5.97 Å². The van der Waals surface area contributed by atoms with Crippen molar-refractivity contribution in [1.82, 2.24) is 9.21 Å². The molecule has 1 N–H and O–H groups in total. The quantitative estimate of drug-likeness (QED) is 0.855. The summed E-state index contributed by atoms with van der Waals surface area (Å²) in [7, 11) is -3.42. The maximum atomic E-state index is 13.1. The van der Waals surface area contributed by atoms with Crippen molar-refractivity contribution >= 4 is 27.6 Å². The van der Waals surface area contributed by atoms with Gasteiger partial charge in [-0.1, -0.05) is 17.7 Å². The Kier molecular flexibility index (Phi) is 4.36. The monoisotopic (exact) mass is 376 g/mol. The topological polar surface area (TPSA) is 77.9 Å². The van der Waals surface area contributed by atoms with Crippen LogP contribution in [0.5, 0.6) is 0 Å². The molecule has 0 spiro atoms. The summed E-state index contributed by atoms with van der Waals surface area (Å²) in [6, 6.07) is 4.13. The smallest absolute Gasteiger partial charge is 0.312 e. The summed E-state index contributed by atoms with van der Waals surface area (Å²) in [6.45, 7) is 1.31. The maximum absolute atomic E-state index is 13.1. The Hall–Kier alpha value is -1.22. The molecule has 2 fully saturated rings. The average Bonchev–Trinajstić information content (AvgIpc) is 2.96. The van der Waals surface area contributed by atoms with E-state index in [1.165, 1.54) is 16.4 Å². The van der Waals surface area contributed by atoms with E-state index in [0.717, 1.165) is 11.8 Å². The number of carbonyl (C=O) groups is 1. The second kappa shape index (κ2) is 5.94. The highest BCUT2D eigenvalue weighted by Crippen LogP contribution is 2.44. The highest BCUT2D eigenvalue weighted by Gasteiger charge is 2.59. The largest absolute Gasteiger partial charge is 0.481 e. The van der Waals surface area contributed by atoms with Crippen LogP contribution in [0.2, 0.25) is 5.02 Å². The summed E-state index contributed by atoms with van der Waals surface area (Å²) in [5.41, 5.74) is -0.381. The molecule has 1 aromatic rings. The Morgan fingerprint density at radius 3 is 2.67 bits per heavy atom. The van der Waals surface area contributed by atoms with Crippen LogP contribution in [0.4, 0.5) is 4.39 Å². The van der Waals surface area contributed by atoms with Gasteiger partial charge in [-0.15, -0.1) is 0 Å². The van der Waals surface area contributed by atoms with Crippen LogP contribution < -0.4 is 0 Å². The van der Waals surface area contributed by atoms with Crippen molar-refractivity contribution in [3.63, 3.8) is 0 Å². The van der Waals surface area contributed by atoms with Gasteiger partial charge in [-0.25, -0.2) is 17.1 Å². The highest BCUT2D eigenvalue weighted by atomic mass is 35.5. The summed E-state index contributed by atoms with van der Waals surface area (Å²) >= 11 is 6.04. The molecule has 0 radical (unpaired) electrons. The van der Waals surface area contributed by atoms with Crippen LogP contribution in [0, 0.1) is 17.2 Å². The van der Waals surface area contributed by atoms with Crippen molar-refractivity contribution in [2.75, 3.05) is 32.4 Å². The lowest BCUT2D eigenvalue weighted by Gasteiger charge is -2.25. The lowest BCUT2D eigenvalue weighted by molar-refractivity contribution is -0.148. The van der Waals surface area contributed by atoms with Crippen molar-refractivity contribution < 1.29 is 22.7 Å². The first kappa shape index (κ1) is 17.6. The van der Waals surface area contributed by atoms with Crippen LogP contribution in [0.15, 0.2) is 18.2 Å². The molecule has 6 nitrogen and oxygen atoms in total. The number of benzene rings is 1. The van der Waals surface area contributed by atoms with Crippen LogP contribution >= 0.6 is 11.6 Å². The predicted octanol–water partition coefficient (Wildman–Crippen LogP) is 1.26. The molecule has 1 aromatic carbocycles. The lowest BCUT2D eigenvalue weighted by atomic mass is 9.81. The molecule has 0 amide bonds. The second-order valence-corrected chi connectivity index (χ2v) is 9.01. The molecule has 0 bridgehead atoms. The minimum atomic E-state index is -3.42. The van der Waals surface area contributed by atoms with Gasteiger partial charge in [0.1, 0.15) is 5.82 Å². The summed E-state index contributed by atoms with van der Waals surface area (Å²) in [5, 5.41) is 10.0. The van der Waals surface area contributed by atoms with E-state index in [9.17, 15) is 22.7 Å². The minimum Gasteiger partial charge on any atom is -0.481 e. The van der Waals surface area contributed by atoms with Gasteiger partial charge in [-0.2, -0.15) is 0 Å². The molecule has 2 heterocycles. The third-order valence-corrected chi connectivity index (χ3v) is 6.52. The zero-order valence-electron chi connectivity index (χ0n) is 13.1. The number of rotatable bonds is 4. The Morgan fingerprint density at radius 2 is 2.12 bits per heavy atom. The number of likely N-dealkylation sites (tertiary alicyclic amines) is 1. The maximum Gasteiger partial charge on any atom is 0.312 e. The summed E-state index contributed by atoms with van der Waals surface area (Å²) < 4.78 is 37.9. The lowest BCUT2D eigenvalue weighted by Crippen LogP contribution is -2.41. The van der Waals surface area contributed by atoms with Gasteiger partial charge in [0.25, 0.3) is 0 Å². The first-order valence-electron chi connectivity index (χ1n) is 7.46. The van der Waals surface area contributed by atoms with Crippen LogP contribution in [-0.4, -0.2) is 61.1 Å². The van der Waals surface area contributed by atoms with Gasteiger partial charge in [0.15, 0.2) is 0 Å². The van der Waals surface area contributed by atoms with Gasteiger partial charge in [-0.3, -0.25) is 9.69 Å². The zero-order chi connectivity index (χ0) is 17.7. The molecule has 0 saturated carbocycles. The van der Waals surface area contributed by atoms with Crippen LogP contribution in [0.3, 0.4) is 0 Å². The van der Waals surface area contributed by atoms with Crippen LogP contribution in [0.1, 0.15) is 5.56 Å². The van der Waals surface area contributed by atoms with E-state index < -0.39 is 27.2 Å². The highest BCUT2D eigenvalue weighted by molar-refractivity contribution is 7.88. The van der Waals surface area contributed by atoms with Gasteiger partial charge in [0.2, 0.25) is 10.0 Å². The van der Waals surface area contributed by atoms with Crippen molar-refractivity contribution in [3.8, 4) is 0 Å². The molecule has 2 aliphatic heterocycles.